The van der Waals surface area contributed by atoms with Crippen LogP contribution in [-0.2, 0) is 12.8 Å². The second-order valence-corrected chi connectivity index (χ2v) is 13.1. The van der Waals surface area contributed by atoms with Crippen molar-refractivity contribution in [1.82, 2.24) is 4.57 Å². The van der Waals surface area contributed by atoms with E-state index in [4.69, 9.17) is 4.74 Å². The Balaban J connectivity index is 1.20. The van der Waals surface area contributed by atoms with Crippen LogP contribution in [0.2, 0.25) is 0 Å². The molecule has 2 aliphatic carbocycles. The van der Waals surface area contributed by atoms with Crippen molar-refractivity contribution in [2.24, 2.45) is 5.92 Å². The number of aliphatic hydroxyl groups excluding tert-OH is 1. The van der Waals surface area contributed by atoms with Gasteiger partial charge in [0.2, 0.25) is 0 Å². The molecule has 2 aromatic carbocycles. The predicted molar refractivity (Wildman–Crippen MR) is 166 cm³/mol. The minimum Gasteiger partial charge on any atom is -0.487 e. The molecule has 0 radical (unpaired) electrons. The van der Waals surface area contributed by atoms with E-state index in [2.05, 4.69) is 37.3 Å². The topological polar surface area (TPSA) is 68.5 Å². The Morgan fingerprint density at radius 2 is 1.81 bits per heavy atom. The van der Waals surface area contributed by atoms with Crippen molar-refractivity contribution in [3.63, 3.8) is 0 Å². The molecule has 3 atom stereocenters. The molecule has 1 aliphatic heterocycles. The van der Waals surface area contributed by atoms with E-state index in [1.165, 1.54) is 23.6 Å². The van der Waals surface area contributed by atoms with E-state index in [0.717, 1.165) is 69.1 Å². The first-order valence-electron chi connectivity index (χ1n) is 16.2. The second-order valence-electron chi connectivity index (χ2n) is 13.1. The largest absolute Gasteiger partial charge is 0.487 e. The lowest BCUT2D eigenvalue weighted by molar-refractivity contribution is -0.0359. The number of ether oxygens (including phenoxy) is 1. The number of fused-ring (bicyclic) bond motifs is 1. The van der Waals surface area contributed by atoms with Gasteiger partial charge in [-0.25, -0.2) is 0 Å². The highest BCUT2D eigenvalue weighted by Gasteiger charge is 2.45. The highest BCUT2D eigenvalue weighted by molar-refractivity contribution is 5.96. The maximum atomic E-state index is 13.7. The Morgan fingerprint density at radius 3 is 2.52 bits per heavy atom. The van der Waals surface area contributed by atoms with E-state index in [1.807, 2.05) is 18.2 Å². The van der Waals surface area contributed by atoms with E-state index in [1.54, 1.807) is 16.8 Å². The number of aromatic nitrogens is 1. The van der Waals surface area contributed by atoms with Gasteiger partial charge in [0, 0.05) is 30.3 Å². The van der Waals surface area contributed by atoms with Crippen LogP contribution in [-0.4, -0.2) is 27.2 Å². The van der Waals surface area contributed by atoms with Crippen LogP contribution < -0.4 is 10.3 Å². The summed E-state index contributed by atoms with van der Waals surface area (Å²) in [4.78, 5) is 26.2. The Morgan fingerprint density at radius 1 is 1.02 bits per heavy atom. The number of carbonyl (C=O) groups excluding carboxylic acids is 1. The van der Waals surface area contributed by atoms with Gasteiger partial charge < -0.3 is 14.4 Å². The third-order valence-corrected chi connectivity index (χ3v) is 10.3. The molecule has 5 nitrogen and oxygen atoms in total. The lowest BCUT2D eigenvalue weighted by Gasteiger charge is -2.48. The van der Waals surface area contributed by atoms with E-state index in [0.29, 0.717) is 24.3 Å². The van der Waals surface area contributed by atoms with Crippen molar-refractivity contribution in [1.29, 1.82) is 0 Å². The van der Waals surface area contributed by atoms with Crippen LogP contribution in [0.1, 0.15) is 117 Å². The summed E-state index contributed by atoms with van der Waals surface area (Å²) in [6, 6.07) is 20.2. The SMILES string of the molecule is CCc1ccc2c(c1)[C@@H](CC[C@@H](O)[C@@H](CC(=O)c1ccc(=O)n(C3CCCC3)c1)Cc1ccccc1)CC1(CCC1)O2. The lowest BCUT2D eigenvalue weighted by atomic mass is 9.69. The van der Waals surface area contributed by atoms with Gasteiger partial charge in [0.25, 0.3) is 5.56 Å². The molecule has 6 rings (SSSR count). The summed E-state index contributed by atoms with van der Waals surface area (Å²) in [5.41, 5.74) is 4.22. The molecular formula is C37H45NO4. The Kier molecular flexibility index (Phi) is 8.67. The molecule has 3 aromatic rings. The fourth-order valence-corrected chi connectivity index (χ4v) is 7.56. The first-order chi connectivity index (χ1) is 20.4. The predicted octanol–water partition coefficient (Wildman–Crippen LogP) is 7.59. The molecule has 1 aromatic heterocycles. The maximum Gasteiger partial charge on any atom is 0.250 e. The van der Waals surface area contributed by atoms with Crippen LogP contribution in [0.25, 0.3) is 0 Å². The number of Topliss-reactive ketones (excluding diaryl/α,β-unsaturated/α-hetero) is 1. The highest BCUT2D eigenvalue weighted by Crippen LogP contribution is 2.51. The maximum absolute atomic E-state index is 13.7. The van der Waals surface area contributed by atoms with Gasteiger partial charge >= 0.3 is 0 Å². The fourth-order valence-electron chi connectivity index (χ4n) is 7.56. The molecule has 0 unspecified atom stereocenters. The number of nitrogens with zero attached hydrogens (tertiary/aromatic N) is 1. The van der Waals surface area contributed by atoms with Crippen LogP contribution >= 0.6 is 0 Å². The standard InChI is InChI=1S/C37H45NO4/c1-2-26-13-17-35-32(22-26)28(24-37(42-35)19-8-20-37)14-16-33(39)30(21-27-9-4-3-5-10-27)23-34(40)29-15-18-36(41)38(25-29)31-11-6-7-12-31/h3-5,9-10,13,15,17-18,22,25,28,30-31,33,39H,2,6-8,11-12,14,16,19-21,23-24H2,1H3/t28-,30+,33+/m0/s1. The number of aliphatic hydroxyl groups is 1. The molecular weight excluding hydrogens is 522 g/mol. The Labute approximate surface area is 249 Å². The number of pyridine rings is 1. The molecule has 3 aliphatic rings. The first kappa shape index (κ1) is 28.9. The van der Waals surface area contributed by atoms with Crippen LogP contribution in [0, 0.1) is 5.92 Å². The van der Waals surface area contributed by atoms with Gasteiger partial charge in [-0.2, -0.15) is 0 Å². The number of hydrogen-bond donors (Lipinski definition) is 1. The van der Waals surface area contributed by atoms with Gasteiger partial charge in [0.15, 0.2) is 5.78 Å². The zero-order chi connectivity index (χ0) is 29.1. The number of ketones is 1. The molecule has 0 amide bonds. The van der Waals surface area contributed by atoms with Crippen molar-refractivity contribution in [2.75, 3.05) is 0 Å². The lowest BCUT2D eigenvalue weighted by Crippen LogP contribution is -2.47. The molecule has 1 N–H and O–H groups in total. The second kappa shape index (κ2) is 12.6. The Bertz CT molecular complexity index is 1430. The fraction of sp³-hybridized carbons (Fsp3) is 0.514. The average Bonchev–Trinajstić information content (AvgIpc) is 3.54. The molecule has 1 spiro atoms. The summed E-state index contributed by atoms with van der Waals surface area (Å²) in [5, 5.41) is 11.7. The summed E-state index contributed by atoms with van der Waals surface area (Å²) >= 11 is 0. The average molecular weight is 568 g/mol. The zero-order valence-electron chi connectivity index (χ0n) is 25.0. The molecule has 2 saturated carbocycles. The van der Waals surface area contributed by atoms with E-state index >= 15 is 0 Å². The molecule has 222 valence electrons. The van der Waals surface area contributed by atoms with E-state index < -0.39 is 6.10 Å². The van der Waals surface area contributed by atoms with Crippen molar-refractivity contribution >= 4 is 5.78 Å². The van der Waals surface area contributed by atoms with Crippen molar-refractivity contribution in [2.45, 2.75) is 114 Å². The number of rotatable bonds is 11. The van der Waals surface area contributed by atoms with Gasteiger partial charge in [-0.3, -0.25) is 9.59 Å². The third kappa shape index (κ3) is 6.27. The summed E-state index contributed by atoms with van der Waals surface area (Å²) < 4.78 is 8.31. The van der Waals surface area contributed by atoms with Gasteiger partial charge in [-0.1, -0.05) is 62.2 Å². The summed E-state index contributed by atoms with van der Waals surface area (Å²) in [5.74, 6) is 1.16. The van der Waals surface area contributed by atoms with Crippen molar-refractivity contribution in [3.05, 3.63) is 99.5 Å². The Hall–Kier alpha value is -3.18. The molecule has 0 bridgehead atoms. The van der Waals surface area contributed by atoms with Crippen LogP contribution in [0.5, 0.6) is 5.75 Å². The smallest absolute Gasteiger partial charge is 0.250 e. The van der Waals surface area contributed by atoms with Crippen molar-refractivity contribution in [3.8, 4) is 5.75 Å². The number of aryl methyl sites for hydroxylation is 1. The summed E-state index contributed by atoms with van der Waals surface area (Å²) in [6.45, 7) is 2.18. The van der Waals surface area contributed by atoms with Gasteiger partial charge in [0.05, 0.1) is 6.10 Å². The molecule has 0 saturated heterocycles. The number of benzene rings is 2. The quantitative estimate of drug-likeness (QED) is 0.243. The minimum atomic E-state index is -0.604. The highest BCUT2D eigenvalue weighted by atomic mass is 16.5. The zero-order valence-corrected chi connectivity index (χ0v) is 25.0. The third-order valence-electron chi connectivity index (χ3n) is 10.3. The molecule has 5 heteroatoms. The summed E-state index contributed by atoms with van der Waals surface area (Å²) in [6.07, 6.45) is 13.2. The molecule has 42 heavy (non-hydrogen) atoms. The van der Waals surface area contributed by atoms with Gasteiger partial charge in [0.1, 0.15) is 11.4 Å². The normalized spacial score (nSPS) is 20.9. The van der Waals surface area contributed by atoms with Crippen LogP contribution in [0.4, 0.5) is 0 Å². The minimum absolute atomic E-state index is 0.000788. The number of carbonyl (C=O) groups is 1. The first-order valence-corrected chi connectivity index (χ1v) is 16.2. The van der Waals surface area contributed by atoms with E-state index in [-0.39, 0.29) is 35.3 Å². The van der Waals surface area contributed by atoms with Crippen molar-refractivity contribution < 1.29 is 14.6 Å². The molecule has 2 fully saturated rings. The van der Waals surface area contributed by atoms with Gasteiger partial charge in [-0.15, -0.1) is 0 Å². The van der Waals surface area contributed by atoms with E-state index in [9.17, 15) is 14.7 Å². The van der Waals surface area contributed by atoms with Crippen LogP contribution in [0.3, 0.4) is 0 Å². The molecule has 2 heterocycles. The summed E-state index contributed by atoms with van der Waals surface area (Å²) in [7, 11) is 0. The van der Waals surface area contributed by atoms with Crippen LogP contribution in [0.15, 0.2) is 71.7 Å². The monoisotopic (exact) mass is 567 g/mol. The van der Waals surface area contributed by atoms with Gasteiger partial charge in [-0.05, 0) is 105 Å². The number of hydrogen-bond acceptors (Lipinski definition) is 4.